The van der Waals surface area contributed by atoms with Crippen LogP contribution in [0.3, 0.4) is 0 Å². The van der Waals surface area contributed by atoms with Gasteiger partial charge in [0.25, 0.3) is 0 Å². The Labute approximate surface area is 110 Å². The van der Waals surface area contributed by atoms with Crippen LogP contribution in [0, 0.1) is 0 Å². The van der Waals surface area contributed by atoms with E-state index in [0.717, 1.165) is 37.0 Å². The summed E-state index contributed by atoms with van der Waals surface area (Å²) in [5.41, 5.74) is 1.82. The fourth-order valence-corrected chi connectivity index (χ4v) is 2.96. The van der Waals surface area contributed by atoms with Crippen LogP contribution >= 0.6 is 0 Å². The van der Waals surface area contributed by atoms with Crippen LogP contribution in [0.1, 0.15) is 18.9 Å². The normalized spacial score (nSPS) is 18.2. The number of rotatable bonds is 3. The van der Waals surface area contributed by atoms with Gasteiger partial charge in [-0.1, -0.05) is 12.1 Å². The second kappa shape index (κ2) is 5.17. The summed E-state index contributed by atoms with van der Waals surface area (Å²) >= 11 is 0. The Bertz CT molecular complexity index is 610. The van der Waals surface area contributed by atoms with Crippen LogP contribution in [0.2, 0.25) is 0 Å². The number of H-pyrrole nitrogens is 1. The third-order valence-electron chi connectivity index (χ3n) is 3.95. The number of aromatic nitrogens is 2. The van der Waals surface area contributed by atoms with Gasteiger partial charge >= 0.3 is 5.69 Å². The van der Waals surface area contributed by atoms with Crippen LogP contribution in [0.25, 0.3) is 11.0 Å². The molecule has 4 nitrogen and oxygen atoms in total. The Balaban J connectivity index is 1.86. The van der Waals surface area contributed by atoms with Crippen molar-refractivity contribution in [2.75, 3.05) is 26.3 Å². The first-order valence-corrected chi connectivity index (χ1v) is 6.77. The highest BCUT2D eigenvalue weighted by Gasteiger charge is 2.23. The van der Waals surface area contributed by atoms with Crippen molar-refractivity contribution in [1.29, 1.82) is 0 Å². The lowest BCUT2D eigenvalue weighted by Crippen LogP contribution is -2.37. The molecule has 1 aromatic carbocycles. The number of fused-ring (bicyclic) bond motifs is 1. The van der Waals surface area contributed by atoms with Gasteiger partial charge in [0.15, 0.2) is 0 Å². The molecule has 0 saturated carbocycles. The van der Waals surface area contributed by atoms with E-state index < -0.39 is 0 Å². The second-order valence-corrected chi connectivity index (χ2v) is 5.08. The number of halogens is 1. The summed E-state index contributed by atoms with van der Waals surface area (Å²) < 4.78 is 14.2. The SMILES string of the molecule is O=c1[nH]c2ccccc2n1C1CCN(CCF)CC1. The molecule has 1 aliphatic heterocycles. The van der Waals surface area contributed by atoms with Gasteiger partial charge in [0.05, 0.1) is 11.0 Å². The lowest BCUT2D eigenvalue weighted by atomic mass is 10.0. The van der Waals surface area contributed by atoms with Crippen LogP contribution in [0.15, 0.2) is 29.1 Å². The van der Waals surface area contributed by atoms with Crippen molar-refractivity contribution in [2.45, 2.75) is 18.9 Å². The predicted molar refractivity (Wildman–Crippen MR) is 73.2 cm³/mol. The topological polar surface area (TPSA) is 41.0 Å². The van der Waals surface area contributed by atoms with E-state index in [1.165, 1.54) is 0 Å². The Hall–Kier alpha value is -1.62. The van der Waals surface area contributed by atoms with Gasteiger partial charge in [-0.2, -0.15) is 0 Å². The maximum Gasteiger partial charge on any atom is 0.326 e. The van der Waals surface area contributed by atoms with Crippen molar-refractivity contribution in [2.24, 2.45) is 0 Å². The summed E-state index contributed by atoms with van der Waals surface area (Å²) in [5, 5.41) is 0. The molecule has 1 N–H and O–H groups in total. The van der Waals surface area contributed by atoms with Gasteiger partial charge in [0, 0.05) is 25.7 Å². The summed E-state index contributed by atoms with van der Waals surface area (Å²) in [4.78, 5) is 17.1. The molecule has 2 heterocycles. The molecule has 3 rings (SSSR count). The molecule has 0 radical (unpaired) electrons. The number of imidazole rings is 1. The Kier molecular flexibility index (Phi) is 3.38. The van der Waals surface area contributed by atoms with Gasteiger partial charge < -0.3 is 9.88 Å². The molecule has 5 heteroatoms. The summed E-state index contributed by atoms with van der Waals surface area (Å²) in [6.45, 7) is 1.94. The van der Waals surface area contributed by atoms with Gasteiger partial charge in [-0.05, 0) is 25.0 Å². The highest BCUT2D eigenvalue weighted by molar-refractivity contribution is 5.75. The number of hydrogen-bond acceptors (Lipinski definition) is 2. The second-order valence-electron chi connectivity index (χ2n) is 5.08. The van der Waals surface area contributed by atoms with E-state index in [0.29, 0.717) is 6.54 Å². The summed E-state index contributed by atoms with van der Waals surface area (Å²) in [5.74, 6) is 0. The molecule has 0 bridgehead atoms. The van der Waals surface area contributed by atoms with Crippen molar-refractivity contribution in [3.8, 4) is 0 Å². The van der Waals surface area contributed by atoms with Crippen LogP contribution in [0.4, 0.5) is 4.39 Å². The molecule has 0 atom stereocenters. The van der Waals surface area contributed by atoms with E-state index in [4.69, 9.17) is 0 Å². The van der Waals surface area contributed by atoms with E-state index in [1.807, 2.05) is 28.8 Å². The van der Waals surface area contributed by atoms with Crippen LogP contribution in [0.5, 0.6) is 0 Å². The van der Waals surface area contributed by atoms with Crippen molar-refractivity contribution in [3.05, 3.63) is 34.7 Å². The van der Waals surface area contributed by atoms with E-state index in [2.05, 4.69) is 9.88 Å². The largest absolute Gasteiger partial charge is 0.326 e. The summed E-state index contributed by atoms with van der Waals surface area (Å²) in [6.07, 6.45) is 1.81. The molecule has 2 aromatic rings. The van der Waals surface area contributed by atoms with Crippen LogP contribution in [-0.4, -0.2) is 40.8 Å². The van der Waals surface area contributed by atoms with Crippen molar-refractivity contribution in [1.82, 2.24) is 14.5 Å². The minimum Gasteiger partial charge on any atom is -0.306 e. The molecule has 0 aliphatic carbocycles. The number of benzene rings is 1. The zero-order valence-corrected chi connectivity index (χ0v) is 10.8. The number of nitrogens with one attached hydrogen (secondary N) is 1. The quantitative estimate of drug-likeness (QED) is 0.919. The fraction of sp³-hybridized carbons (Fsp3) is 0.500. The molecule has 1 fully saturated rings. The number of aromatic amines is 1. The van der Waals surface area contributed by atoms with E-state index in [9.17, 15) is 9.18 Å². The minimum atomic E-state index is -0.294. The third kappa shape index (κ3) is 2.30. The monoisotopic (exact) mass is 263 g/mol. The standard InChI is InChI=1S/C14H18FN3O/c15-7-10-17-8-5-11(6-9-17)18-13-4-2-1-3-12(13)16-14(18)19/h1-4,11H,5-10H2,(H,16,19). The first-order chi connectivity index (χ1) is 9.29. The lowest BCUT2D eigenvalue weighted by Gasteiger charge is -2.31. The number of alkyl halides is 1. The smallest absolute Gasteiger partial charge is 0.306 e. The first-order valence-electron chi connectivity index (χ1n) is 6.77. The molecular formula is C14H18FN3O. The van der Waals surface area contributed by atoms with Crippen molar-refractivity contribution in [3.63, 3.8) is 0 Å². The lowest BCUT2D eigenvalue weighted by molar-refractivity contribution is 0.175. The van der Waals surface area contributed by atoms with Crippen molar-refractivity contribution < 1.29 is 4.39 Å². The Morgan fingerprint density at radius 3 is 2.74 bits per heavy atom. The highest BCUT2D eigenvalue weighted by Crippen LogP contribution is 2.24. The maximum absolute atomic E-state index is 12.3. The number of para-hydroxylation sites is 2. The highest BCUT2D eigenvalue weighted by atomic mass is 19.1. The molecule has 1 saturated heterocycles. The Morgan fingerprint density at radius 1 is 1.26 bits per heavy atom. The molecule has 1 aliphatic rings. The number of piperidine rings is 1. The van der Waals surface area contributed by atoms with Gasteiger partial charge in [0.1, 0.15) is 6.67 Å². The van der Waals surface area contributed by atoms with E-state index in [-0.39, 0.29) is 18.4 Å². The first kappa shape index (κ1) is 12.4. The van der Waals surface area contributed by atoms with Gasteiger partial charge in [0.2, 0.25) is 0 Å². The van der Waals surface area contributed by atoms with E-state index >= 15 is 0 Å². The minimum absolute atomic E-state index is 0.0369. The zero-order chi connectivity index (χ0) is 13.2. The zero-order valence-electron chi connectivity index (χ0n) is 10.8. The predicted octanol–water partition coefficient (Wildman–Crippen LogP) is 1.94. The maximum atomic E-state index is 12.3. The summed E-state index contributed by atoms with van der Waals surface area (Å²) in [7, 11) is 0. The Morgan fingerprint density at radius 2 is 2.00 bits per heavy atom. The molecule has 0 unspecified atom stereocenters. The number of likely N-dealkylation sites (tertiary alicyclic amines) is 1. The van der Waals surface area contributed by atoms with E-state index in [1.54, 1.807) is 0 Å². The summed E-state index contributed by atoms with van der Waals surface area (Å²) in [6, 6.07) is 7.99. The van der Waals surface area contributed by atoms with Gasteiger partial charge in [-0.25, -0.2) is 9.18 Å². The van der Waals surface area contributed by atoms with Crippen LogP contribution < -0.4 is 5.69 Å². The van der Waals surface area contributed by atoms with Gasteiger partial charge in [-0.15, -0.1) is 0 Å². The number of nitrogens with zero attached hydrogens (tertiary/aromatic N) is 2. The van der Waals surface area contributed by atoms with Gasteiger partial charge in [-0.3, -0.25) is 4.57 Å². The van der Waals surface area contributed by atoms with Crippen molar-refractivity contribution >= 4 is 11.0 Å². The molecule has 1 aromatic heterocycles. The average molecular weight is 263 g/mol. The molecule has 102 valence electrons. The average Bonchev–Trinajstić information content (AvgIpc) is 2.76. The molecule has 0 spiro atoms. The molecule has 19 heavy (non-hydrogen) atoms. The fourth-order valence-electron chi connectivity index (χ4n) is 2.96. The van der Waals surface area contributed by atoms with Crippen LogP contribution in [-0.2, 0) is 0 Å². The number of hydrogen-bond donors (Lipinski definition) is 1. The third-order valence-corrected chi connectivity index (χ3v) is 3.95. The molecular weight excluding hydrogens is 245 g/mol. The molecule has 0 amide bonds.